The molecule has 0 aliphatic heterocycles. The van der Waals surface area contributed by atoms with E-state index < -0.39 is 5.97 Å². The smallest absolute Gasteiger partial charge is 0.342 e. The van der Waals surface area contributed by atoms with Crippen LogP contribution in [0.1, 0.15) is 29.8 Å². The average Bonchev–Trinajstić information content (AvgIpc) is 2.71. The zero-order valence-corrected chi connectivity index (χ0v) is 15.8. The van der Waals surface area contributed by atoms with E-state index in [4.69, 9.17) is 18.9 Å². The molecule has 27 heavy (non-hydrogen) atoms. The van der Waals surface area contributed by atoms with Crippen molar-refractivity contribution in [2.75, 3.05) is 27.9 Å². The molecule has 0 saturated heterocycles. The summed E-state index contributed by atoms with van der Waals surface area (Å²) in [5.74, 6) is 0.0172. The summed E-state index contributed by atoms with van der Waals surface area (Å²) in [5, 5.41) is 10.0. The van der Waals surface area contributed by atoms with Gasteiger partial charge in [0.2, 0.25) is 17.5 Å². The molecular formula is C18H22N3O6+. The lowest BCUT2D eigenvalue weighted by atomic mass is 10.0. The first kappa shape index (κ1) is 20.0. The standard InChI is InChI=1S/C18H22N3O6/c1-6-21(23)11(2)12-8-7-9-13(16(12)17(22)26-5)27-18-19-14(24-3)10-15(20-18)25-4/h7-10,23H,6H2,1-5H3/q+1. The number of aromatic nitrogens is 2. The number of nitrogens with zero attached hydrogens (tertiary/aromatic N) is 3. The average molecular weight is 376 g/mol. The Balaban J connectivity index is 2.59. The topological polar surface area (TPSA) is 103 Å². The highest BCUT2D eigenvalue weighted by atomic mass is 16.5. The Kier molecular flexibility index (Phi) is 6.53. The number of carbonyl (C=O) groups is 1. The Hall–Kier alpha value is -3.36. The van der Waals surface area contributed by atoms with Crippen molar-refractivity contribution in [3.8, 4) is 23.5 Å². The molecule has 1 aromatic heterocycles. The minimum absolute atomic E-state index is 0.0671. The summed E-state index contributed by atoms with van der Waals surface area (Å²) in [7, 11) is 4.16. The molecule has 0 saturated carbocycles. The van der Waals surface area contributed by atoms with Gasteiger partial charge in [-0.1, -0.05) is 6.07 Å². The third kappa shape index (κ3) is 4.43. The van der Waals surface area contributed by atoms with Crippen molar-refractivity contribution in [1.29, 1.82) is 0 Å². The van der Waals surface area contributed by atoms with Gasteiger partial charge in [-0.25, -0.2) is 4.79 Å². The van der Waals surface area contributed by atoms with Crippen LogP contribution >= 0.6 is 0 Å². The molecule has 1 N–H and O–H groups in total. The van der Waals surface area contributed by atoms with Crippen LogP contribution in [-0.4, -0.2) is 59.5 Å². The van der Waals surface area contributed by atoms with Crippen LogP contribution in [0.5, 0.6) is 23.5 Å². The van der Waals surface area contributed by atoms with Crippen LogP contribution in [-0.2, 0) is 4.74 Å². The van der Waals surface area contributed by atoms with Gasteiger partial charge in [0.05, 0.1) is 33.0 Å². The van der Waals surface area contributed by atoms with Gasteiger partial charge < -0.3 is 18.9 Å². The lowest BCUT2D eigenvalue weighted by Gasteiger charge is -2.12. The summed E-state index contributed by atoms with van der Waals surface area (Å²) in [6, 6.07) is 6.36. The van der Waals surface area contributed by atoms with Crippen molar-refractivity contribution in [2.24, 2.45) is 0 Å². The third-order valence-electron chi connectivity index (χ3n) is 3.77. The molecule has 0 unspecified atom stereocenters. The second-order valence-corrected chi connectivity index (χ2v) is 5.31. The van der Waals surface area contributed by atoms with E-state index in [1.165, 1.54) is 27.4 Å². The first-order chi connectivity index (χ1) is 12.9. The van der Waals surface area contributed by atoms with Crippen molar-refractivity contribution in [3.05, 3.63) is 35.4 Å². The Labute approximate surface area is 156 Å². The van der Waals surface area contributed by atoms with Gasteiger partial charge in [-0.05, 0) is 23.8 Å². The Morgan fingerprint density at radius 3 is 2.30 bits per heavy atom. The minimum Gasteiger partial charge on any atom is -0.481 e. The second kappa shape index (κ2) is 8.84. The van der Waals surface area contributed by atoms with Crippen molar-refractivity contribution < 1.29 is 33.7 Å². The first-order valence-corrected chi connectivity index (χ1v) is 8.11. The zero-order chi connectivity index (χ0) is 20.0. The van der Waals surface area contributed by atoms with Gasteiger partial charge in [-0.3, -0.25) is 5.21 Å². The molecule has 0 spiro atoms. The molecular weight excluding hydrogens is 354 g/mol. The van der Waals surface area contributed by atoms with Crippen LogP contribution < -0.4 is 14.2 Å². The number of carbonyl (C=O) groups excluding carboxylic acids is 1. The molecule has 144 valence electrons. The highest BCUT2D eigenvalue weighted by Crippen LogP contribution is 2.29. The van der Waals surface area contributed by atoms with Crippen LogP contribution in [0.4, 0.5) is 0 Å². The van der Waals surface area contributed by atoms with E-state index in [2.05, 4.69) is 9.97 Å². The van der Waals surface area contributed by atoms with Gasteiger partial charge in [0.25, 0.3) is 0 Å². The van der Waals surface area contributed by atoms with Gasteiger partial charge in [0, 0.05) is 6.92 Å². The zero-order valence-electron chi connectivity index (χ0n) is 15.8. The van der Waals surface area contributed by atoms with E-state index in [1.54, 1.807) is 32.0 Å². The van der Waals surface area contributed by atoms with Gasteiger partial charge in [0.1, 0.15) is 11.3 Å². The maximum atomic E-state index is 12.4. The van der Waals surface area contributed by atoms with E-state index >= 15 is 0 Å². The fraction of sp³-hybridized carbons (Fsp3) is 0.333. The Morgan fingerprint density at radius 2 is 1.78 bits per heavy atom. The SMILES string of the molecule is CC[N+](O)=C(C)c1cccc(Oc2nc(OC)cc(OC)n2)c1C(=O)OC. The molecule has 2 rings (SSSR count). The molecule has 0 atom stereocenters. The van der Waals surface area contributed by atoms with E-state index in [-0.39, 0.29) is 29.1 Å². The van der Waals surface area contributed by atoms with Crippen LogP contribution in [0.15, 0.2) is 24.3 Å². The van der Waals surface area contributed by atoms with Crippen molar-refractivity contribution in [2.45, 2.75) is 13.8 Å². The quantitative estimate of drug-likeness (QED) is 0.258. The normalized spacial score (nSPS) is 11.4. The highest BCUT2D eigenvalue weighted by Gasteiger charge is 2.25. The molecule has 0 amide bonds. The molecule has 0 bridgehead atoms. The molecule has 1 aromatic carbocycles. The molecule has 0 aliphatic rings. The van der Waals surface area contributed by atoms with Gasteiger partial charge >= 0.3 is 12.0 Å². The van der Waals surface area contributed by atoms with Crippen molar-refractivity contribution in [3.63, 3.8) is 0 Å². The fourth-order valence-electron chi connectivity index (χ4n) is 2.34. The van der Waals surface area contributed by atoms with Crippen LogP contribution in [0, 0.1) is 0 Å². The largest absolute Gasteiger partial charge is 0.481 e. The van der Waals surface area contributed by atoms with Crippen LogP contribution in [0.25, 0.3) is 0 Å². The van der Waals surface area contributed by atoms with Gasteiger partial charge in [-0.15, -0.1) is 0 Å². The summed E-state index contributed by atoms with van der Waals surface area (Å²) in [4.78, 5) is 20.6. The molecule has 2 aromatic rings. The summed E-state index contributed by atoms with van der Waals surface area (Å²) in [5.41, 5.74) is 1.06. The maximum Gasteiger partial charge on any atom is 0.342 e. The van der Waals surface area contributed by atoms with E-state index in [0.717, 1.165) is 4.74 Å². The monoisotopic (exact) mass is 376 g/mol. The molecule has 0 fully saturated rings. The van der Waals surface area contributed by atoms with Gasteiger partial charge in [-0.2, -0.15) is 9.97 Å². The summed E-state index contributed by atoms with van der Waals surface area (Å²) >= 11 is 0. The van der Waals surface area contributed by atoms with Crippen molar-refractivity contribution in [1.82, 2.24) is 9.97 Å². The number of esters is 1. The Bertz CT molecular complexity index is 844. The number of ether oxygens (including phenoxy) is 4. The number of rotatable bonds is 7. The fourth-order valence-corrected chi connectivity index (χ4v) is 2.34. The summed E-state index contributed by atoms with van der Waals surface area (Å²) < 4.78 is 21.8. The molecule has 1 heterocycles. The number of hydroxylamine groups is 1. The highest BCUT2D eigenvalue weighted by molar-refractivity contribution is 6.07. The van der Waals surface area contributed by atoms with Crippen LogP contribution in [0.3, 0.4) is 0 Å². The second-order valence-electron chi connectivity index (χ2n) is 5.31. The minimum atomic E-state index is -0.626. The lowest BCUT2D eigenvalue weighted by Crippen LogP contribution is -2.20. The van der Waals surface area contributed by atoms with Crippen LogP contribution in [0.2, 0.25) is 0 Å². The van der Waals surface area contributed by atoms with E-state index in [9.17, 15) is 10.0 Å². The van der Waals surface area contributed by atoms with Gasteiger partial charge in [0.15, 0.2) is 6.54 Å². The maximum absolute atomic E-state index is 12.4. The van der Waals surface area contributed by atoms with Crippen molar-refractivity contribution >= 4 is 11.7 Å². The number of hydrogen-bond donors (Lipinski definition) is 1. The van der Waals surface area contributed by atoms with E-state index in [0.29, 0.717) is 17.8 Å². The first-order valence-electron chi connectivity index (χ1n) is 8.11. The lowest BCUT2D eigenvalue weighted by molar-refractivity contribution is -0.772. The third-order valence-corrected chi connectivity index (χ3v) is 3.77. The molecule has 0 radical (unpaired) electrons. The predicted molar refractivity (Wildman–Crippen MR) is 95.4 cm³/mol. The summed E-state index contributed by atoms with van der Waals surface area (Å²) in [6.45, 7) is 3.80. The predicted octanol–water partition coefficient (Wildman–Crippen LogP) is 2.30. The molecule has 9 heteroatoms. The number of hydrogen-bond acceptors (Lipinski definition) is 8. The molecule has 9 nitrogen and oxygen atoms in total. The number of methoxy groups -OCH3 is 3. The summed E-state index contributed by atoms with van der Waals surface area (Å²) in [6.07, 6.45) is 0. The molecule has 0 aliphatic carbocycles. The number of benzene rings is 1. The van der Waals surface area contributed by atoms with E-state index in [1.807, 2.05) is 0 Å². The Morgan fingerprint density at radius 1 is 1.15 bits per heavy atom.